The summed E-state index contributed by atoms with van der Waals surface area (Å²) < 4.78 is 19.4. The summed E-state index contributed by atoms with van der Waals surface area (Å²) in [4.78, 5) is 17.5. The van der Waals surface area contributed by atoms with E-state index in [2.05, 4.69) is 72.7 Å². The summed E-state index contributed by atoms with van der Waals surface area (Å²) in [6.45, 7) is 27.8. The van der Waals surface area contributed by atoms with Gasteiger partial charge in [0.25, 0.3) is 0 Å². The first-order valence-corrected chi connectivity index (χ1v) is 17.8. The van der Waals surface area contributed by atoms with Crippen molar-refractivity contribution < 1.29 is 18.4 Å². The molecule has 0 unspecified atom stereocenters. The van der Waals surface area contributed by atoms with E-state index in [0.29, 0.717) is 0 Å². The molecule has 1 aromatic heterocycles. The second kappa shape index (κ2) is 9.75. The van der Waals surface area contributed by atoms with Gasteiger partial charge in [-0.05, 0) is 57.0 Å². The van der Waals surface area contributed by atoms with Gasteiger partial charge < -0.3 is 13.6 Å². The summed E-state index contributed by atoms with van der Waals surface area (Å²) in [5, 5.41) is 2.84. The zero-order valence-electron chi connectivity index (χ0n) is 22.0. The monoisotopic (exact) mass is 487 g/mol. The van der Waals surface area contributed by atoms with E-state index in [-0.39, 0.29) is 22.5 Å². The Morgan fingerprint density at radius 1 is 0.935 bits per heavy atom. The van der Waals surface area contributed by atoms with Crippen molar-refractivity contribution in [2.75, 3.05) is 0 Å². The van der Waals surface area contributed by atoms with Crippen LogP contribution >= 0.6 is 11.3 Å². The lowest BCUT2D eigenvalue weighted by Crippen LogP contribution is -2.49. The topological polar surface area (TPSA) is 57.7 Å². The first-order chi connectivity index (χ1) is 13.7. The zero-order valence-corrected chi connectivity index (χ0v) is 24.8. The summed E-state index contributed by atoms with van der Waals surface area (Å²) in [7, 11) is -4.34. The van der Waals surface area contributed by atoms with Crippen LogP contribution in [0.5, 0.6) is 0 Å². The first-order valence-electron chi connectivity index (χ1n) is 11.1. The van der Waals surface area contributed by atoms with Crippen molar-refractivity contribution in [3.8, 4) is 0 Å². The number of aromatic nitrogens is 1. The molecule has 31 heavy (non-hydrogen) atoms. The smallest absolute Gasteiger partial charge is 0.309 e. The Morgan fingerprint density at radius 2 is 1.42 bits per heavy atom. The molecular formula is C23H45NO4SSi2. The molecule has 1 heterocycles. The van der Waals surface area contributed by atoms with Gasteiger partial charge >= 0.3 is 5.97 Å². The number of carbonyl (C=O) groups excluding carboxylic acids is 1. The minimum Gasteiger partial charge on any atom is -0.460 e. The molecule has 0 aliphatic carbocycles. The molecule has 8 heteroatoms. The summed E-state index contributed by atoms with van der Waals surface area (Å²) in [6, 6.07) is 0. The maximum Gasteiger partial charge on any atom is 0.309 e. The standard InChI is InChI=1S/C23H45NO4SSi2/c1-21(2,3)26-18(25)16-17(27-30(10,11)22(4,5)6)19(20-24-14-15-29-20)28-31(12,13)23(7,8)9/h14-15,17,19H,16H2,1-13H3/t17-,19+/m1/s1. The Morgan fingerprint density at radius 3 is 1.81 bits per heavy atom. The molecule has 0 aliphatic rings. The van der Waals surface area contributed by atoms with E-state index in [1.54, 1.807) is 17.5 Å². The molecule has 0 aliphatic heterocycles. The summed E-state index contributed by atoms with van der Waals surface area (Å²) >= 11 is 1.55. The molecule has 2 atom stereocenters. The Kier molecular flexibility index (Phi) is 8.96. The average molecular weight is 488 g/mol. The number of carbonyl (C=O) groups is 1. The van der Waals surface area contributed by atoms with Crippen molar-refractivity contribution in [1.29, 1.82) is 0 Å². The Hall–Kier alpha value is -0.546. The fraction of sp³-hybridized carbons (Fsp3) is 0.826. The fourth-order valence-electron chi connectivity index (χ4n) is 2.47. The van der Waals surface area contributed by atoms with Crippen LogP contribution in [0.25, 0.3) is 0 Å². The van der Waals surface area contributed by atoms with E-state index in [0.717, 1.165) is 5.01 Å². The molecule has 1 aromatic rings. The molecule has 0 N–H and O–H groups in total. The zero-order chi connectivity index (χ0) is 24.5. The number of hydrogen-bond donors (Lipinski definition) is 0. The van der Waals surface area contributed by atoms with Crippen LogP contribution in [0.2, 0.25) is 36.3 Å². The van der Waals surface area contributed by atoms with Crippen LogP contribution in [-0.2, 0) is 18.4 Å². The minimum absolute atomic E-state index is 0.00356. The molecular weight excluding hydrogens is 442 g/mol. The van der Waals surface area contributed by atoms with Gasteiger partial charge in [-0.3, -0.25) is 4.79 Å². The molecule has 180 valence electrons. The van der Waals surface area contributed by atoms with Gasteiger partial charge in [0, 0.05) is 11.6 Å². The van der Waals surface area contributed by atoms with Gasteiger partial charge in [-0.1, -0.05) is 41.5 Å². The van der Waals surface area contributed by atoms with Crippen LogP contribution in [0.3, 0.4) is 0 Å². The predicted molar refractivity (Wildman–Crippen MR) is 136 cm³/mol. The van der Waals surface area contributed by atoms with Crippen molar-refractivity contribution in [3.05, 3.63) is 16.6 Å². The highest BCUT2D eigenvalue weighted by Crippen LogP contribution is 2.44. The summed E-state index contributed by atoms with van der Waals surface area (Å²) in [6.07, 6.45) is 1.08. The third kappa shape index (κ3) is 8.39. The molecule has 5 nitrogen and oxygen atoms in total. The Labute approximate surface area is 196 Å². The number of thiazole rings is 1. The van der Waals surface area contributed by atoms with Gasteiger partial charge in [0.2, 0.25) is 0 Å². The quantitative estimate of drug-likeness (QED) is 0.284. The lowest BCUT2D eigenvalue weighted by atomic mass is 10.1. The van der Waals surface area contributed by atoms with Crippen LogP contribution in [0.4, 0.5) is 0 Å². The Bertz CT molecular complexity index is 713. The van der Waals surface area contributed by atoms with E-state index in [4.69, 9.17) is 13.6 Å². The van der Waals surface area contributed by atoms with Crippen LogP contribution in [-0.4, -0.2) is 39.3 Å². The van der Waals surface area contributed by atoms with Crippen molar-refractivity contribution >= 4 is 33.9 Å². The van der Waals surface area contributed by atoms with Gasteiger partial charge in [-0.15, -0.1) is 11.3 Å². The molecule has 0 radical (unpaired) electrons. The van der Waals surface area contributed by atoms with Crippen molar-refractivity contribution in [2.45, 2.75) is 123 Å². The predicted octanol–water partition coefficient (Wildman–Crippen LogP) is 7.33. The number of nitrogens with zero attached hydrogens (tertiary/aromatic N) is 1. The molecule has 0 saturated heterocycles. The normalized spacial score (nSPS) is 16.2. The number of hydrogen-bond acceptors (Lipinski definition) is 6. The number of ether oxygens (including phenoxy) is 1. The number of esters is 1. The van der Waals surface area contributed by atoms with E-state index in [1.165, 1.54) is 0 Å². The number of rotatable bonds is 8. The maximum atomic E-state index is 12.9. The highest BCUT2D eigenvalue weighted by Gasteiger charge is 2.46. The Balaban J connectivity index is 3.41. The van der Waals surface area contributed by atoms with Crippen molar-refractivity contribution in [1.82, 2.24) is 4.98 Å². The lowest BCUT2D eigenvalue weighted by molar-refractivity contribution is -0.158. The largest absolute Gasteiger partial charge is 0.460 e. The molecule has 1 rings (SSSR count). The highest BCUT2D eigenvalue weighted by molar-refractivity contribution is 7.09. The van der Waals surface area contributed by atoms with E-state index < -0.39 is 34.4 Å². The second-order valence-electron chi connectivity index (χ2n) is 12.4. The summed E-state index contributed by atoms with van der Waals surface area (Å²) in [5.41, 5.74) is -0.546. The SMILES string of the molecule is CC(C)(C)OC(=O)C[C@@H](O[Si](C)(C)C(C)(C)C)[C@H](O[Si](C)(C)C(C)(C)C)c1nccs1. The van der Waals surface area contributed by atoms with Gasteiger partial charge in [0.15, 0.2) is 16.6 Å². The van der Waals surface area contributed by atoms with Crippen molar-refractivity contribution in [3.63, 3.8) is 0 Å². The molecule has 0 saturated carbocycles. The van der Waals surface area contributed by atoms with Crippen LogP contribution < -0.4 is 0 Å². The van der Waals surface area contributed by atoms with E-state index >= 15 is 0 Å². The first kappa shape index (κ1) is 28.5. The molecule has 0 bridgehead atoms. The van der Waals surface area contributed by atoms with Gasteiger partial charge in [0.1, 0.15) is 16.7 Å². The van der Waals surface area contributed by atoms with Gasteiger partial charge in [0.05, 0.1) is 12.5 Å². The van der Waals surface area contributed by atoms with Gasteiger partial charge in [-0.2, -0.15) is 0 Å². The molecule has 0 spiro atoms. The van der Waals surface area contributed by atoms with Crippen LogP contribution in [0.15, 0.2) is 11.6 Å². The summed E-state index contributed by atoms with van der Waals surface area (Å²) in [5.74, 6) is -0.267. The second-order valence-corrected chi connectivity index (χ2v) is 22.8. The highest BCUT2D eigenvalue weighted by atomic mass is 32.1. The average Bonchev–Trinajstić information content (AvgIpc) is 3.01. The third-order valence-corrected chi connectivity index (χ3v) is 16.1. The van der Waals surface area contributed by atoms with Crippen molar-refractivity contribution in [2.24, 2.45) is 0 Å². The fourth-order valence-corrected chi connectivity index (χ4v) is 5.84. The molecule has 0 amide bonds. The minimum atomic E-state index is -2.19. The van der Waals surface area contributed by atoms with E-state index in [1.807, 2.05) is 26.2 Å². The van der Waals surface area contributed by atoms with Gasteiger partial charge in [-0.25, -0.2) is 4.98 Å². The van der Waals surface area contributed by atoms with Crippen LogP contribution in [0, 0.1) is 0 Å². The van der Waals surface area contributed by atoms with Crippen LogP contribution in [0.1, 0.15) is 79.8 Å². The molecule has 0 aromatic carbocycles. The third-order valence-electron chi connectivity index (χ3n) is 6.30. The molecule has 0 fully saturated rings. The lowest BCUT2D eigenvalue weighted by Gasteiger charge is -2.44. The van der Waals surface area contributed by atoms with E-state index in [9.17, 15) is 4.79 Å². The maximum absolute atomic E-state index is 12.9.